The zero-order valence-electron chi connectivity index (χ0n) is 14.4. The van der Waals surface area contributed by atoms with Crippen LogP contribution in [0.5, 0.6) is 5.75 Å². The highest BCUT2D eigenvalue weighted by atomic mass is 16.5. The molecule has 23 heavy (non-hydrogen) atoms. The summed E-state index contributed by atoms with van der Waals surface area (Å²) >= 11 is 0. The Bertz CT molecular complexity index is 471. The van der Waals surface area contributed by atoms with Gasteiger partial charge in [-0.2, -0.15) is 0 Å². The molecule has 1 saturated heterocycles. The van der Waals surface area contributed by atoms with E-state index in [4.69, 9.17) is 4.74 Å². The first kappa shape index (κ1) is 17.8. The van der Waals surface area contributed by atoms with Crippen molar-refractivity contribution in [2.45, 2.75) is 52.0 Å². The summed E-state index contributed by atoms with van der Waals surface area (Å²) < 4.78 is 5.74. The standard InChI is InChI=1S/C19H30N2O2/c1-15(2)11-14-23-18-6-3-16(4-7-18)9-12-20-17-5-8-19(22)21-13-10-17/h3-4,6-7,15,17,20H,5,8-14H2,1-2H3,(H,21,22). The highest BCUT2D eigenvalue weighted by Gasteiger charge is 2.14. The van der Waals surface area contributed by atoms with Gasteiger partial charge in [0.15, 0.2) is 0 Å². The molecule has 1 heterocycles. The van der Waals surface area contributed by atoms with Crippen molar-refractivity contribution in [2.24, 2.45) is 5.92 Å². The fourth-order valence-corrected chi connectivity index (χ4v) is 2.71. The largest absolute Gasteiger partial charge is 0.494 e. The lowest BCUT2D eigenvalue weighted by Gasteiger charge is -2.15. The molecule has 0 aliphatic carbocycles. The van der Waals surface area contributed by atoms with E-state index in [1.807, 2.05) is 0 Å². The summed E-state index contributed by atoms with van der Waals surface area (Å²) in [5.74, 6) is 1.81. The van der Waals surface area contributed by atoms with E-state index in [9.17, 15) is 4.79 Å². The Morgan fingerprint density at radius 1 is 1.26 bits per heavy atom. The predicted molar refractivity (Wildman–Crippen MR) is 93.7 cm³/mol. The fourth-order valence-electron chi connectivity index (χ4n) is 2.71. The van der Waals surface area contributed by atoms with Crippen LogP contribution in [-0.2, 0) is 11.2 Å². The molecular weight excluding hydrogens is 288 g/mol. The maximum Gasteiger partial charge on any atom is 0.220 e. The molecule has 0 spiro atoms. The molecule has 1 amide bonds. The Balaban J connectivity index is 1.66. The van der Waals surface area contributed by atoms with Crippen molar-refractivity contribution in [1.29, 1.82) is 0 Å². The molecule has 0 saturated carbocycles. The van der Waals surface area contributed by atoms with Crippen molar-refractivity contribution in [2.75, 3.05) is 19.7 Å². The SMILES string of the molecule is CC(C)CCOc1ccc(CCNC2CCNC(=O)CC2)cc1. The highest BCUT2D eigenvalue weighted by Crippen LogP contribution is 2.14. The van der Waals surface area contributed by atoms with Crippen molar-refractivity contribution in [1.82, 2.24) is 10.6 Å². The second-order valence-corrected chi connectivity index (χ2v) is 6.75. The number of benzene rings is 1. The van der Waals surface area contributed by atoms with Crippen LogP contribution in [-0.4, -0.2) is 31.6 Å². The van der Waals surface area contributed by atoms with Gasteiger partial charge in [-0.15, -0.1) is 0 Å². The first-order valence-corrected chi connectivity index (χ1v) is 8.85. The molecular formula is C19H30N2O2. The van der Waals surface area contributed by atoms with Gasteiger partial charge in [0.05, 0.1) is 6.61 Å². The van der Waals surface area contributed by atoms with Crippen molar-refractivity contribution >= 4 is 5.91 Å². The molecule has 1 aromatic carbocycles. The van der Waals surface area contributed by atoms with Gasteiger partial charge >= 0.3 is 0 Å². The van der Waals surface area contributed by atoms with E-state index in [1.54, 1.807) is 0 Å². The summed E-state index contributed by atoms with van der Waals surface area (Å²) in [6, 6.07) is 8.86. The van der Waals surface area contributed by atoms with E-state index in [0.29, 0.717) is 18.4 Å². The minimum absolute atomic E-state index is 0.183. The van der Waals surface area contributed by atoms with Crippen molar-refractivity contribution < 1.29 is 9.53 Å². The van der Waals surface area contributed by atoms with Crippen LogP contribution in [0.2, 0.25) is 0 Å². The second kappa shape index (κ2) is 9.56. The van der Waals surface area contributed by atoms with Crippen LogP contribution < -0.4 is 15.4 Å². The number of rotatable bonds is 8. The third-order valence-electron chi connectivity index (χ3n) is 4.27. The van der Waals surface area contributed by atoms with Gasteiger partial charge in [-0.1, -0.05) is 26.0 Å². The van der Waals surface area contributed by atoms with Crippen molar-refractivity contribution in [3.8, 4) is 5.75 Å². The molecule has 1 unspecified atom stereocenters. The van der Waals surface area contributed by atoms with Gasteiger partial charge in [-0.05, 0) is 55.8 Å². The Labute approximate surface area is 140 Å². The summed E-state index contributed by atoms with van der Waals surface area (Å²) in [6.45, 7) is 6.94. The monoisotopic (exact) mass is 318 g/mol. The quantitative estimate of drug-likeness (QED) is 0.775. The average Bonchev–Trinajstić information content (AvgIpc) is 2.73. The van der Waals surface area contributed by atoms with E-state index in [0.717, 1.165) is 51.1 Å². The predicted octanol–water partition coefficient (Wildman–Crippen LogP) is 2.91. The molecule has 1 aliphatic heterocycles. The highest BCUT2D eigenvalue weighted by molar-refractivity contribution is 5.76. The summed E-state index contributed by atoms with van der Waals surface area (Å²) in [5.41, 5.74) is 1.32. The van der Waals surface area contributed by atoms with Gasteiger partial charge in [0.25, 0.3) is 0 Å². The van der Waals surface area contributed by atoms with Crippen LogP contribution in [0.4, 0.5) is 0 Å². The molecule has 1 aromatic rings. The summed E-state index contributed by atoms with van der Waals surface area (Å²) in [6.07, 6.45) is 4.69. The van der Waals surface area contributed by atoms with E-state index in [2.05, 4.69) is 48.7 Å². The first-order valence-electron chi connectivity index (χ1n) is 8.85. The van der Waals surface area contributed by atoms with Gasteiger partial charge in [-0.3, -0.25) is 4.79 Å². The third kappa shape index (κ3) is 7.04. The molecule has 0 radical (unpaired) electrons. The zero-order chi connectivity index (χ0) is 16.5. The molecule has 1 atom stereocenters. The number of hydrogen-bond donors (Lipinski definition) is 2. The summed E-state index contributed by atoms with van der Waals surface area (Å²) in [7, 11) is 0. The Kier molecular flexibility index (Phi) is 7.40. The van der Waals surface area contributed by atoms with Gasteiger partial charge in [0.1, 0.15) is 5.75 Å². The average molecular weight is 318 g/mol. The topological polar surface area (TPSA) is 50.4 Å². The Morgan fingerprint density at radius 2 is 2.04 bits per heavy atom. The molecule has 0 bridgehead atoms. The minimum atomic E-state index is 0.183. The molecule has 4 heteroatoms. The maximum atomic E-state index is 11.3. The van der Waals surface area contributed by atoms with E-state index in [-0.39, 0.29) is 5.91 Å². The molecule has 2 rings (SSSR count). The van der Waals surface area contributed by atoms with Gasteiger partial charge < -0.3 is 15.4 Å². The van der Waals surface area contributed by atoms with E-state index >= 15 is 0 Å². The zero-order valence-corrected chi connectivity index (χ0v) is 14.4. The molecule has 1 fully saturated rings. The number of hydrogen-bond acceptors (Lipinski definition) is 3. The smallest absolute Gasteiger partial charge is 0.220 e. The van der Waals surface area contributed by atoms with Crippen LogP contribution in [0.15, 0.2) is 24.3 Å². The van der Waals surface area contributed by atoms with Crippen molar-refractivity contribution in [3.05, 3.63) is 29.8 Å². The van der Waals surface area contributed by atoms with Gasteiger partial charge in [-0.25, -0.2) is 0 Å². The van der Waals surface area contributed by atoms with E-state index < -0.39 is 0 Å². The molecule has 4 nitrogen and oxygen atoms in total. The van der Waals surface area contributed by atoms with Crippen LogP contribution in [0.1, 0.15) is 45.1 Å². The van der Waals surface area contributed by atoms with Gasteiger partial charge in [0, 0.05) is 19.0 Å². The Morgan fingerprint density at radius 3 is 2.78 bits per heavy atom. The fraction of sp³-hybridized carbons (Fsp3) is 0.632. The van der Waals surface area contributed by atoms with Gasteiger partial charge in [0.2, 0.25) is 5.91 Å². The second-order valence-electron chi connectivity index (χ2n) is 6.75. The Hall–Kier alpha value is -1.55. The number of carbonyl (C=O) groups excluding carboxylic acids is 1. The van der Waals surface area contributed by atoms with Crippen LogP contribution in [0, 0.1) is 5.92 Å². The van der Waals surface area contributed by atoms with Crippen LogP contribution in [0.3, 0.4) is 0 Å². The number of ether oxygens (including phenoxy) is 1. The maximum absolute atomic E-state index is 11.3. The lowest BCUT2D eigenvalue weighted by atomic mass is 10.1. The van der Waals surface area contributed by atoms with Crippen molar-refractivity contribution in [3.63, 3.8) is 0 Å². The summed E-state index contributed by atoms with van der Waals surface area (Å²) in [5, 5.41) is 6.49. The molecule has 2 N–H and O–H groups in total. The van der Waals surface area contributed by atoms with E-state index in [1.165, 1.54) is 5.56 Å². The number of amides is 1. The number of nitrogens with one attached hydrogen (secondary N) is 2. The molecule has 0 aromatic heterocycles. The molecule has 128 valence electrons. The molecule has 1 aliphatic rings. The van der Waals surface area contributed by atoms with Crippen LogP contribution >= 0.6 is 0 Å². The third-order valence-corrected chi connectivity index (χ3v) is 4.27. The first-order chi connectivity index (χ1) is 11.1. The van der Waals surface area contributed by atoms with Crippen LogP contribution in [0.25, 0.3) is 0 Å². The minimum Gasteiger partial charge on any atom is -0.494 e. The summed E-state index contributed by atoms with van der Waals surface area (Å²) in [4.78, 5) is 11.3. The lowest BCUT2D eigenvalue weighted by molar-refractivity contribution is -0.120. The normalized spacial score (nSPS) is 18.6. The lowest BCUT2D eigenvalue weighted by Crippen LogP contribution is -2.31. The number of carbonyl (C=O) groups is 1.